The summed E-state index contributed by atoms with van der Waals surface area (Å²) in [5, 5.41) is 7.44. The molecule has 0 radical (unpaired) electrons. The van der Waals surface area contributed by atoms with E-state index in [9.17, 15) is 4.79 Å². The highest BCUT2D eigenvalue weighted by Gasteiger charge is 2.29. The predicted octanol–water partition coefficient (Wildman–Crippen LogP) is 2.51. The standard InChI is InChI=1S/C16H19BrN4O/c1-9-5-6-19-10(2)14(9)21-16(22)13-4-3-11-7-18-8-12(17)15(11)20-13/h3-4,7-10,14,19H,5-6H2,1-2H3,(H,21,22). The Balaban J connectivity index is 1.84. The van der Waals surface area contributed by atoms with Gasteiger partial charge in [0.1, 0.15) is 5.69 Å². The minimum atomic E-state index is -0.127. The van der Waals surface area contributed by atoms with Crippen LogP contribution in [0.5, 0.6) is 0 Å². The van der Waals surface area contributed by atoms with Crippen molar-refractivity contribution in [2.75, 3.05) is 6.54 Å². The Hall–Kier alpha value is -1.53. The van der Waals surface area contributed by atoms with Crippen LogP contribution in [0.3, 0.4) is 0 Å². The van der Waals surface area contributed by atoms with Crippen LogP contribution in [-0.2, 0) is 0 Å². The van der Waals surface area contributed by atoms with Crippen LogP contribution in [0, 0.1) is 5.92 Å². The zero-order valence-corrected chi connectivity index (χ0v) is 14.2. The summed E-state index contributed by atoms with van der Waals surface area (Å²) in [5.41, 5.74) is 1.19. The minimum Gasteiger partial charge on any atom is -0.346 e. The van der Waals surface area contributed by atoms with Crippen LogP contribution in [0.2, 0.25) is 0 Å². The van der Waals surface area contributed by atoms with E-state index < -0.39 is 0 Å². The largest absolute Gasteiger partial charge is 0.346 e. The van der Waals surface area contributed by atoms with Crippen LogP contribution >= 0.6 is 15.9 Å². The zero-order valence-electron chi connectivity index (χ0n) is 12.6. The van der Waals surface area contributed by atoms with Crippen molar-refractivity contribution in [1.29, 1.82) is 0 Å². The van der Waals surface area contributed by atoms with E-state index in [1.54, 1.807) is 18.5 Å². The van der Waals surface area contributed by atoms with E-state index in [4.69, 9.17) is 0 Å². The van der Waals surface area contributed by atoms with E-state index in [2.05, 4.69) is 50.4 Å². The molecule has 22 heavy (non-hydrogen) atoms. The molecule has 0 aromatic carbocycles. The molecule has 2 aromatic rings. The average Bonchev–Trinajstić information content (AvgIpc) is 2.51. The predicted molar refractivity (Wildman–Crippen MR) is 89.7 cm³/mol. The van der Waals surface area contributed by atoms with E-state index in [-0.39, 0.29) is 18.0 Å². The van der Waals surface area contributed by atoms with Crippen molar-refractivity contribution in [2.24, 2.45) is 5.92 Å². The number of hydrogen-bond donors (Lipinski definition) is 2. The third-order valence-corrected chi connectivity index (χ3v) is 4.88. The first-order valence-corrected chi connectivity index (χ1v) is 8.30. The quantitative estimate of drug-likeness (QED) is 0.861. The van der Waals surface area contributed by atoms with Gasteiger partial charge in [-0.25, -0.2) is 4.98 Å². The lowest BCUT2D eigenvalue weighted by Gasteiger charge is -2.35. The molecule has 0 bridgehead atoms. The number of hydrogen-bond acceptors (Lipinski definition) is 4. The fraction of sp³-hybridized carbons (Fsp3) is 0.438. The van der Waals surface area contributed by atoms with E-state index in [1.807, 2.05) is 6.07 Å². The molecular weight excluding hydrogens is 344 g/mol. The lowest BCUT2D eigenvalue weighted by molar-refractivity contribution is 0.0893. The number of carbonyl (C=O) groups excluding carboxylic acids is 1. The third kappa shape index (κ3) is 2.98. The van der Waals surface area contributed by atoms with Gasteiger partial charge in [-0.2, -0.15) is 0 Å². The summed E-state index contributed by atoms with van der Waals surface area (Å²) in [6, 6.07) is 4.02. The van der Waals surface area contributed by atoms with Crippen LogP contribution in [0.1, 0.15) is 30.8 Å². The Kier molecular flexibility index (Phi) is 4.40. The molecule has 3 heterocycles. The van der Waals surface area contributed by atoms with Gasteiger partial charge >= 0.3 is 0 Å². The third-order valence-electron chi connectivity index (χ3n) is 4.30. The van der Waals surface area contributed by atoms with Gasteiger partial charge in [-0.1, -0.05) is 6.92 Å². The maximum absolute atomic E-state index is 12.5. The smallest absolute Gasteiger partial charge is 0.270 e. The molecule has 1 aliphatic rings. The molecule has 0 saturated carbocycles. The number of fused-ring (bicyclic) bond motifs is 1. The normalized spacial score (nSPS) is 25.1. The molecule has 1 saturated heterocycles. The van der Waals surface area contributed by atoms with E-state index in [0.717, 1.165) is 28.3 Å². The molecule has 0 aliphatic carbocycles. The van der Waals surface area contributed by atoms with Crippen molar-refractivity contribution in [3.8, 4) is 0 Å². The second kappa shape index (κ2) is 6.30. The summed E-state index contributed by atoms with van der Waals surface area (Å²) in [6.07, 6.45) is 4.49. The number of piperidine rings is 1. The first kappa shape index (κ1) is 15.4. The molecule has 2 aromatic heterocycles. The maximum Gasteiger partial charge on any atom is 0.270 e. The summed E-state index contributed by atoms with van der Waals surface area (Å²) in [5.74, 6) is 0.328. The van der Waals surface area contributed by atoms with Gasteiger partial charge in [0.15, 0.2) is 0 Å². The second-order valence-corrected chi connectivity index (χ2v) is 6.75. The number of carbonyl (C=O) groups is 1. The fourth-order valence-corrected chi connectivity index (χ4v) is 3.40. The van der Waals surface area contributed by atoms with Gasteiger partial charge in [0, 0.05) is 29.9 Å². The van der Waals surface area contributed by atoms with E-state index in [0.29, 0.717) is 11.6 Å². The van der Waals surface area contributed by atoms with Crippen molar-refractivity contribution < 1.29 is 4.79 Å². The fourth-order valence-electron chi connectivity index (χ4n) is 2.97. The lowest BCUT2D eigenvalue weighted by Crippen LogP contribution is -2.56. The van der Waals surface area contributed by atoms with Crippen LogP contribution < -0.4 is 10.6 Å². The van der Waals surface area contributed by atoms with Gasteiger partial charge in [0.05, 0.1) is 9.99 Å². The Morgan fingerprint density at radius 3 is 2.95 bits per heavy atom. The van der Waals surface area contributed by atoms with Crippen LogP contribution in [0.25, 0.3) is 10.9 Å². The number of amides is 1. The van der Waals surface area contributed by atoms with Crippen LogP contribution in [0.4, 0.5) is 0 Å². The summed E-state index contributed by atoms with van der Waals surface area (Å²) in [7, 11) is 0. The first-order chi connectivity index (χ1) is 10.6. The summed E-state index contributed by atoms with van der Waals surface area (Å²) >= 11 is 3.43. The van der Waals surface area contributed by atoms with Crippen LogP contribution in [0.15, 0.2) is 29.0 Å². The number of aromatic nitrogens is 2. The maximum atomic E-state index is 12.5. The molecule has 1 aliphatic heterocycles. The molecule has 116 valence electrons. The first-order valence-electron chi connectivity index (χ1n) is 7.51. The minimum absolute atomic E-state index is 0.125. The van der Waals surface area contributed by atoms with E-state index in [1.165, 1.54) is 0 Å². The van der Waals surface area contributed by atoms with Gasteiger partial charge in [0.2, 0.25) is 0 Å². The van der Waals surface area contributed by atoms with Crippen molar-refractivity contribution >= 4 is 32.7 Å². The molecule has 1 fully saturated rings. The van der Waals surface area contributed by atoms with Crippen molar-refractivity contribution in [1.82, 2.24) is 20.6 Å². The molecule has 3 unspecified atom stereocenters. The lowest BCUT2D eigenvalue weighted by atomic mass is 9.89. The highest BCUT2D eigenvalue weighted by Crippen LogP contribution is 2.21. The molecule has 5 nitrogen and oxygen atoms in total. The van der Waals surface area contributed by atoms with Gasteiger partial charge in [-0.15, -0.1) is 0 Å². The Morgan fingerprint density at radius 1 is 1.36 bits per heavy atom. The number of nitrogens with zero attached hydrogens (tertiary/aromatic N) is 2. The highest BCUT2D eigenvalue weighted by molar-refractivity contribution is 9.10. The number of rotatable bonds is 2. The zero-order chi connectivity index (χ0) is 15.7. The Bertz CT molecular complexity index is 696. The topological polar surface area (TPSA) is 66.9 Å². The Labute approximate surface area is 138 Å². The van der Waals surface area contributed by atoms with E-state index >= 15 is 0 Å². The van der Waals surface area contributed by atoms with Gasteiger partial charge < -0.3 is 10.6 Å². The Morgan fingerprint density at radius 2 is 2.18 bits per heavy atom. The van der Waals surface area contributed by atoms with Gasteiger partial charge in [-0.05, 0) is 53.9 Å². The summed E-state index contributed by atoms with van der Waals surface area (Å²) < 4.78 is 0.792. The second-order valence-electron chi connectivity index (χ2n) is 5.90. The molecule has 6 heteroatoms. The molecular formula is C16H19BrN4O. The van der Waals surface area contributed by atoms with Gasteiger partial charge in [0.25, 0.3) is 5.91 Å². The monoisotopic (exact) mass is 362 g/mol. The molecule has 0 spiro atoms. The van der Waals surface area contributed by atoms with Crippen molar-refractivity contribution in [2.45, 2.75) is 32.4 Å². The number of pyridine rings is 2. The number of nitrogens with one attached hydrogen (secondary N) is 2. The average molecular weight is 363 g/mol. The molecule has 3 rings (SSSR count). The van der Waals surface area contributed by atoms with Crippen LogP contribution in [-0.4, -0.2) is 34.5 Å². The molecule has 1 amide bonds. The van der Waals surface area contributed by atoms with Crippen molar-refractivity contribution in [3.63, 3.8) is 0 Å². The molecule has 3 atom stereocenters. The number of halogens is 1. The SMILES string of the molecule is CC1CCNC(C)C1NC(=O)c1ccc2cncc(Br)c2n1. The molecule has 2 N–H and O–H groups in total. The highest BCUT2D eigenvalue weighted by atomic mass is 79.9. The summed E-state index contributed by atoms with van der Waals surface area (Å²) in [4.78, 5) is 21.1. The van der Waals surface area contributed by atoms with Gasteiger partial charge in [-0.3, -0.25) is 9.78 Å². The van der Waals surface area contributed by atoms with Crippen molar-refractivity contribution in [3.05, 3.63) is 34.7 Å². The summed E-state index contributed by atoms with van der Waals surface area (Å²) in [6.45, 7) is 5.29.